The fraction of sp³-hybridized carbons (Fsp3) is 0.400. The van der Waals surface area contributed by atoms with E-state index in [1.54, 1.807) is 6.20 Å². The SMILES string of the molecule is O=C(CCc1cccnc1)Nc1ccccc1N1CCCCCC1. The van der Waals surface area contributed by atoms with Crippen molar-refractivity contribution in [1.29, 1.82) is 0 Å². The van der Waals surface area contributed by atoms with Crippen LogP contribution in [0.4, 0.5) is 11.4 Å². The first-order valence-electron chi connectivity index (χ1n) is 8.86. The van der Waals surface area contributed by atoms with Gasteiger partial charge in [-0.05, 0) is 43.0 Å². The number of nitrogens with zero attached hydrogens (tertiary/aromatic N) is 2. The minimum Gasteiger partial charge on any atom is -0.370 e. The van der Waals surface area contributed by atoms with Crippen molar-refractivity contribution < 1.29 is 4.79 Å². The number of hydrogen-bond acceptors (Lipinski definition) is 3. The number of carbonyl (C=O) groups excluding carboxylic acids is 1. The van der Waals surface area contributed by atoms with E-state index in [0.717, 1.165) is 30.0 Å². The highest BCUT2D eigenvalue weighted by Gasteiger charge is 2.14. The van der Waals surface area contributed by atoms with Gasteiger partial charge in [0.25, 0.3) is 0 Å². The summed E-state index contributed by atoms with van der Waals surface area (Å²) in [6.45, 7) is 2.14. The second kappa shape index (κ2) is 8.48. The van der Waals surface area contributed by atoms with Crippen LogP contribution >= 0.6 is 0 Å². The van der Waals surface area contributed by atoms with Crippen LogP contribution < -0.4 is 10.2 Å². The van der Waals surface area contributed by atoms with Crippen LogP contribution in [0.3, 0.4) is 0 Å². The number of aryl methyl sites for hydroxylation is 1. The lowest BCUT2D eigenvalue weighted by Crippen LogP contribution is -2.25. The highest BCUT2D eigenvalue weighted by molar-refractivity contribution is 5.94. The van der Waals surface area contributed by atoms with Crippen LogP contribution in [-0.2, 0) is 11.2 Å². The molecule has 4 heteroatoms. The fourth-order valence-electron chi connectivity index (χ4n) is 3.18. The van der Waals surface area contributed by atoms with Crippen LogP contribution in [0.2, 0.25) is 0 Å². The molecule has 3 rings (SSSR count). The Bertz CT molecular complexity index is 649. The van der Waals surface area contributed by atoms with Crippen molar-refractivity contribution in [1.82, 2.24) is 4.98 Å². The lowest BCUT2D eigenvalue weighted by atomic mass is 10.1. The van der Waals surface area contributed by atoms with Gasteiger partial charge in [-0.25, -0.2) is 0 Å². The van der Waals surface area contributed by atoms with E-state index >= 15 is 0 Å². The van der Waals surface area contributed by atoms with E-state index in [2.05, 4.69) is 21.3 Å². The maximum atomic E-state index is 12.3. The molecule has 1 fully saturated rings. The second-order valence-electron chi connectivity index (χ2n) is 6.33. The smallest absolute Gasteiger partial charge is 0.224 e. The Labute approximate surface area is 143 Å². The summed E-state index contributed by atoms with van der Waals surface area (Å²) in [5.41, 5.74) is 3.16. The number of amides is 1. The first-order chi connectivity index (χ1) is 11.8. The van der Waals surface area contributed by atoms with Gasteiger partial charge >= 0.3 is 0 Å². The van der Waals surface area contributed by atoms with Crippen molar-refractivity contribution in [3.05, 3.63) is 54.4 Å². The molecular weight excluding hydrogens is 298 g/mol. The number of anilines is 2. The standard InChI is InChI=1S/C20H25N3O/c24-20(12-11-17-8-7-13-21-16-17)22-18-9-3-4-10-19(18)23-14-5-1-2-6-15-23/h3-4,7-10,13,16H,1-2,5-6,11-12,14-15H2,(H,22,24). The van der Waals surface area contributed by atoms with Gasteiger partial charge in [0.05, 0.1) is 11.4 Å². The number of hydrogen-bond donors (Lipinski definition) is 1. The Morgan fingerprint density at radius 2 is 1.83 bits per heavy atom. The predicted octanol–water partition coefficient (Wildman–Crippen LogP) is 4.03. The molecule has 0 atom stereocenters. The van der Waals surface area contributed by atoms with Gasteiger partial charge in [-0.15, -0.1) is 0 Å². The van der Waals surface area contributed by atoms with Gasteiger partial charge in [-0.2, -0.15) is 0 Å². The van der Waals surface area contributed by atoms with E-state index in [-0.39, 0.29) is 5.91 Å². The molecule has 1 N–H and O–H groups in total. The van der Waals surface area contributed by atoms with Gasteiger partial charge in [-0.3, -0.25) is 9.78 Å². The molecule has 0 spiro atoms. The Balaban J connectivity index is 1.63. The predicted molar refractivity (Wildman–Crippen MR) is 98.3 cm³/mol. The van der Waals surface area contributed by atoms with Crippen molar-refractivity contribution in [3.8, 4) is 0 Å². The molecule has 4 nitrogen and oxygen atoms in total. The normalized spacial score (nSPS) is 14.9. The molecule has 2 heterocycles. The third-order valence-corrected chi connectivity index (χ3v) is 4.49. The summed E-state index contributed by atoms with van der Waals surface area (Å²) in [6.07, 6.45) is 9.81. The molecule has 1 aliphatic heterocycles. The van der Waals surface area contributed by atoms with E-state index < -0.39 is 0 Å². The minimum absolute atomic E-state index is 0.0566. The maximum Gasteiger partial charge on any atom is 0.224 e. The van der Waals surface area contributed by atoms with Gasteiger partial charge in [0.1, 0.15) is 0 Å². The van der Waals surface area contributed by atoms with Gasteiger partial charge in [-0.1, -0.05) is 31.0 Å². The Hall–Kier alpha value is -2.36. The van der Waals surface area contributed by atoms with E-state index in [1.165, 1.54) is 25.7 Å². The van der Waals surface area contributed by atoms with Crippen LogP contribution in [-0.4, -0.2) is 24.0 Å². The summed E-state index contributed by atoms with van der Waals surface area (Å²) in [5.74, 6) is 0.0566. The highest BCUT2D eigenvalue weighted by Crippen LogP contribution is 2.28. The van der Waals surface area contributed by atoms with Gasteiger partial charge in [0.15, 0.2) is 0 Å². The molecule has 126 valence electrons. The molecule has 0 radical (unpaired) electrons. The number of benzene rings is 1. The second-order valence-corrected chi connectivity index (χ2v) is 6.33. The topological polar surface area (TPSA) is 45.2 Å². The van der Waals surface area contributed by atoms with Crippen molar-refractivity contribution in [2.75, 3.05) is 23.3 Å². The Morgan fingerprint density at radius 3 is 2.58 bits per heavy atom. The number of aromatic nitrogens is 1. The first kappa shape index (κ1) is 16.5. The zero-order valence-electron chi connectivity index (χ0n) is 14.1. The summed E-state index contributed by atoms with van der Waals surface area (Å²) >= 11 is 0. The molecule has 1 amide bonds. The number of carbonyl (C=O) groups is 1. The van der Waals surface area contributed by atoms with Gasteiger partial charge in [0.2, 0.25) is 5.91 Å². The summed E-state index contributed by atoms with van der Waals surface area (Å²) < 4.78 is 0. The molecule has 0 aliphatic carbocycles. The molecule has 1 saturated heterocycles. The minimum atomic E-state index is 0.0566. The van der Waals surface area contributed by atoms with Gasteiger partial charge < -0.3 is 10.2 Å². The van der Waals surface area contributed by atoms with Crippen LogP contribution in [0, 0.1) is 0 Å². The first-order valence-corrected chi connectivity index (χ1v) is 8.86. The number of para-hydroxylation sites is 2. The summed E-state index contributed by atoms with van der Waals surface area (Å²) in [4.78, 5) is 18.8. The monoisotopic (exact) mass is 323 g/mol. The highest BCUT2D eigenvalue weighted by atomic mass is 16.1. The third-order valence-electron chi connectivity index (χ3n) is 4.49. The van der Waals surface area contributed by atoms with E-state index in [9.17, 15) is 4.79 Å². The molecule has 0 bridgehead atoms. The zero-order chi connectivity index (χ0) is 16.6. The lowest BCUT2D eigenvalue weighted by Gasteiger charge is -2.25. The summed E-state index contributed by atoms with van der Waals surface area (Å²) in [7, 11) is 0. The average molecular weight is 323 g/mol. The molecule has 0 saturated carbocycles. The largest absolute Gasteiger partial charge is 0.370 e. The molecule has 1 aromatic carbocycles. The molecular formula is C20H25N3O. The van der Waals surface area contributed by atoms with Gasteiger partial charge in [0, 0.05) is 31.9 Å². The molecule has 1 aromatic heterocycles. The van der Waals surface area contributed by atoms with Crippen LogP contribution in [0.5, 0.6) is 0 Å². The quantitative estimate of drug-likeness (QED) is 0.903. The van der Waals surface area contributed by atoms with Crippen LogP contribution in [0.15, 0.2) is 48.8 Å². The van der Waals surface area contributed by atoms with Crippen molar-refractivity contribution in [2.24, 2.45) is 0 Å². The molecule has 24 heavy (non-hydrogen) atoms. The number of pyridine rings is 1. The van der Waals surface area contributed by atoms with Crippen molar-refractivity contribution >= 4 is 17.3 Å². The molecule has 1 aliphatic rings. The van der Waals surface area contributed by atoms with E-state index in [0.29, 0.717) is 12.8 Å². The van der Waals surface area contributed by atoms with E-state index in [4.69, 9.17) is 0 Å². The molecule has 2 aromatic rings. The zero-order valence-corrected chi connectivity index (χ0v) is 14.1. The van der Waals surface area contributed by atoms with Crippen molar-refractivity contribution in [3.63, 3.8) is 0 Å². The fourth-order valence-corrected chi connectivity index (χ4v) is 3.18. The van der Waals surface area contributed by atoms with Crippen molar-refractivity contribution in [2.45, 2.75) is 38.5 Å². The summed E-state index contributed by atoms with van der Waals surface area (Å²) in [5, 5.41) is 3.10. The summed E-state index contributed by atoms with van der Waals surface area (Å²) in [6, 6.07) is 12.1. The van der Waals surface area contributed by atoms with E-state index in [1.807, 2.05) is 36.5 Å². The Morgan fingerprint density at radius 1 is 1.04 bits per heavy atom. The number of nitrogens with one attached hydrogen (secondary N) is 1. The third kappa shape index (κ3) is 4.57. The lowest BCUT2D eigenvalue weighted by molar-refractivity contribution is -0.116. The maximum absolute atomic E-state index is 12.3. The van der Waals surface area contributed by atoms with Crippen LogP contribution in [0.1, 0.15) is 37.7 Å². The average Bonchev–Trinajstić information content (AvgIpc) is 2.91. The van der Waals surface area contributed by atoms with Crippen LogP contribution in [0.25, 0.3) is 0 Å². The number of rotatable bonds is 5. The Kier molecular flexibility index (Phi) is 5.83. The molecule has 0 unspecified atom stereocenters.